The van der Waals surface area contributed by atoms with Gasteiger partial charge in [0.2, 0.25) is 11.8 Å². The molecule has 1 aliphatic rings. The monoisotopic (exact) mass is 245 g/mol. The minimum absolute atomic E-state index is 0.103. The van der Waals surface area contributed by atoms with Gasteiger partial charge >= 0.3 is 0 Å². The van der Waals surface area contributed by atoms with Crippen LogP contribution in [0.3, 0.4) is 0 Å². The fraction of sp³-hybridized carbons (Fsp3) is 0.800. The van der Waals surface area contributed by atoms with Crippen molar-refractivity contribution in [3.05, 3.63) is 0 Å². The van der Waals surface area contributed by atoms with Gasteiger partial charge in [-0.15, -0.1) is 11.8 Å². The predicted molar refractivity (Wildman–Crippen MR) is 65.2 cm³/mol. The number of carbonyl (C=O) groups is 2. The van der Waals surface area contributed by atoms with Crippen LogP contribution in [0.4, 0.5) is 0 Å². The number of piperidine rings is 1. The van der Waals surface area contributed by atoms with Gasteiger partial charge in [0.25, 0.3) is 0 Å². The number of thioether (sulfide) groups is 1. The van der Waals surface area contributed by atoms with E-state index in [0.717, 1.165) is 25.9 Å². The van der Waals surface area contributed by atoms with Crippen LogP contribution in [-0.2, 0) is 9.59 Å². The molecule has 1 unspecified atom stereocenters. The van der Waals surface area contributed by atoms with Crippen molar-refractivity contribution in [3.8, 4) is 0 Å². The van der Waals surface area contributed by atoms with Crippen LogP contribution < -0.4 is 11.1 Å². The number of primary amides is 1. The quantitative estimate of drug-likeness (QED) is 0.679. The summed E-state index contributed by atoms with van der Waals surface area (Å²) in [5, 5.41) is 3.19. The molecule has 1 aliphatic heterocycles. The maximum Gasteiger partial charge on any atom is 0.232 e. The number of likely N-dealkylation sites (tertiary alicyclic amines) is 1. The highest BCUT2D eigenvalue weighted by Crippen LogP contribution is 2.11. The zero-order valence-corrected chi connectivity index (χ0v) is 10.4. The largest absolute Gasteiger partial charge is 0.369 e. The minimum atomic E-state index is -0.371. The number of hydrogen-bond donors (Lipinski definition) is 2. The summed E-state index contributed by atoms with van der Waals surface area (Å²) in [7, 11) is 1.92. The first-order chi connectivity index (χ1) is 7.63. The zero-order valence-electron chi connectivity index (χ0n) is 9.57. The third-order valence-electron chi connectivity index (χ3n) is 2.65. The van der Waals surface area contributed by atoms with Gasteiger partial charge in [0.05, 0.1) is 11.5 Å². The molecule has 0 aromatic rings. The van der Waals surface area contributed by atoms with Crippen molar-refractivity contribution >= 4 is 23.6 Å². The third-order valence-corrected chi connectivity index (χ3v) is 3.59. The summed E-state index contributed by atoms with van der Waals surface area (Å²) in [5.74, 6) is 0.296. The van der Waals surface area contributed by atoms with Crippen LogP contribution in [0.15, 0.2) is 0 Å². The average Bonchev–Trinajstić information content (AvgIpc) is 2.28. The van der Waals surface area contributed by atoms with Crippen molar-refractivity contribution in [2.75, 3.05) is 31.6 Å². The molecule has 0 spiro atoms. The molecular formula is C10H19N3O2S. The first-order valence-electron chi connectivity index (χ1n) is 5.44. The molecule has 0 radical (unpaired) electrons. The van der Waals surface area contributed by atoms with Crippen LogP contribution in [0.25, 0.3) is 0 Å². The van der Waals surface area contributed by atoms with Gasteiger partial charge in [-0.05, 0) is 19.9 Å². The molecule has 1 heterocycles. The summed E-state index contributed by atoms with van der Waals surface area (Å²) in [6.07, 6.45) is 2.16. The van der Waals surface area contributed by atoms with Crippen LogP contribution >= 0.6 is 11.8 Å². The average molecular weight is 245 g/mol. The molecule has 2 amide bonds. The summed E-state index contributed by atoms with van der Waals surface area (Å²) in [6, 6.07) is 0.402. The summed E-state index contributed by atoms with van der Waals surface area (Å²) in [5.41, 5.74) is 5.01. The Balaban J connectivity index is 2.27. The van der Waals surface area contributed by atoms with Crippen molar-refractivity contribution in [2.24, 2.45) is 5.73 Å². The van der Waals surface area contributed by atoms with Gasteiger partial charge in [-0.3, -0.25) is 9.59 Å². The van der Waals surface area contributed by atoms with Crippen LogP contribution in [0.2, 0.25) is 0 Å². The molecule has 0 aliphatic carbocycles. The van der Waals surface area contributed by atoms with E-state index in [1.807, 2.05) is 11.9 Å². The van der Waals surface area contributed by atoms with E-state index < -0.39 is 0 Å². The van der Waals surface area contributed by atoms with Crippen molar-refractivity contribution in [1.82, 2.24) is 10.2 Å². The lowest BCUT2D eigenvalue weighted by atomic mass is 10.1. The highest BCUT2D eigenvalue weighted by Gasteiger charge is 2.22. The van der Waals surface area contributed by atoms with Gasteiger partial charge in [-0.25, -0.2) is 0 Å². The first-order valence-corrected chi connectivity index (χ1v) is 6.60. The maximum absolute atomic E-state index is 11.8. The zero-order chi connectivity index (χ0) is 12.0. The molecule has 1 fully saturated rings. The van der Waals surface area contributed by atoms with Crippen molar-refractivity contribution in [2.45, 2.75) is 18.9 Å². The summed E-state index contributed by atoms with van der Waals surface area (Å²) < 4.78 is 0. The molecule has 5 nitrogen and oxygen atoms in total. The molecule has 1 rings (SSSR count). The second-order valence-electron chi connectivity index (χ2n) is 3.93. The van der Waals surface area contributed by atoms with Gasteiger partial charge < -0.3 is 16.0 Å². The topological polar surface area (TPSA) is 75.4 Å². The third kappa shape index (κ3) is 4.40. The van der Waals surface area contributed by atoms with E-state index in [9.17, 15) is 9.59 Å². The van der Waals surface area contributed by atoms with Crippen LogP contribution in [0, 0.1) is 0 Å². The molecule has 6 heteroatoms. The Hall–Kier alpha value is -0.750. The number of hydrogen-bond acceptors (Lipinski definition) is 4. The number of likely N-dealkylation sites (N-methyl/N-ethyl adjacent to an activating group) is 1. The van der Waals surface area contributed by atoms with Crippen molar-refractivity contribution < 1.29 is 9.59 Å². The van der Waals surface area contributed by atoms with Crippen LogP contribution in [-0.4, -0.2) is 54.4 Å². The Bertz CT molecular complexity index is 260. The Morgan fingerprint density at radius 3 is 2.88 bits per heavy atom. The van der Waals surface area contributed by atoms with E-state index in [-0.39, 0.29) is 17.6 Å². The molecule has 0 saturated carbocycles. The van der Waals surface area contributed by atoms with E-state index in [2.05, 4.69) is 5.32 Å². The number of nitrogens with two attached hydrogens (primary N) is 1. The lowest BCUT2D eigenvalue weighted by Crippen LogP contribution is -2.47. The summed E-state index contributed by atoms with van der Waals surface area (Å²) in [4.78, 5) is 24.1. The second kappa shape index (κ2) is 6.75. The van der Waals surface area contributed by atoms with Gasteiger partial charge in [0, 0.05) is 19.1 Å². The van der Waals surface area contributed by atoms with E-state index in [1.165, 1.54) is 11.8 Å². The van der Waals surface area contributed by atoms with Gasteiger partial charge in [-0.2, -0.15) is 0 Å². The molecule has 16 heavy (non-hydrogen) atoms. The number of rotatable bonds is 5. The molecule has 1 saturated heterocycles. The second-order valence-corrected chi connectivity index (χ2v) is 4.91. The molecule has 0 bridgehead atoms. The molecular weight excluding hydrogens is 226 g/mol. The fourth-order valence-corrected chi connectivity index (χ4v) is 2.43. The van der Waals surface area contributed by atoms with E-state index in [1.54, 1.807) is 0 Å². The summed E-state index contributed by atoms with van der Waals surface area (Å²) in [6.45, 7) is 1.60. The molecule has 0 aromatic carbocycles. The van der Waals surface area contributed by atoms with Crippen molar-refractivity contribution in [1.29, 1.82) is 0 Å². The number of nitrogens with one attached hydrogen (secondary N) is 1. The van der Waals surface area contributed by atoms with E-state index in [0.29, 0.717) is 11.8 Å². The maximum atomic E-state index is 11.8. The van der Waals surface area contributed by atoms with Gasteiger partial charge in [0.1, 0.15) is 0 Å². The number of amides is 2. The van der Waals surface area contributed by atoms with Gasteiger partial charge in [-0.1, -0.05) is 0 Å². The molecule has 0 aromatic heterocycles. The van der Waals surface area contributed by atoms with Crippen molar-refractivity contribution in [3.63, 3.8) is 0 Å². The number of nitrogens with zero attached hydrogens (tertiary/aromatic N) is 1. The predicted octanol–water partition coefficient (Wildman–Crippen LogP) is -0.585. The Morgan fingerprint density at radius 2 is 2.25 bits per heavy atom. The first kappa shape index (κ1) is 13.3. The van der Waals surface area contributed by atoms with E-state index >= 15 is 0 Å². The lowest BCUT2D eigenvalue weighted by molar-refractivity contribution is -0.129. The summed E-state index contributed by atoms with van der Waals surface area (Å²) >= 11 is 1.29. The molecule has 92 valence electrons. The fourth-order valence-electron chi connectivity index (χ4n) is 1.77. The van der Waals surface area contributed by atoms with E-state index in [4.69, 9.17) is 5.73 Å². The standard InChI is InChI=1S/C10H19N3O2S/c1-12-8-3-2-4-13(5-8)10(15)7-16-6-9(11)14/h8,12H,2-7H2,1H3,(H2,11,14). The SMILES string of the molecule is CNC1CCCN(C(=O)CSCC(N)=O)C1. The van der Waals surface area contributed by atoms with Gasteiger partial charge in [0.15, 0.2) is 0 Å². The number of carbonyl (C=O) groups excluding carboxylic acids is 2. The molecule has 1 atom stereocenters. The van der Waals surface area contributed by atoms with Crippen LogP contribution in [0.1, 0.15) is 12.8 Å². The smallest absolute Gasteiger partial charge is 0.232 e. The molecule has 3 N–H and O–H groups in total. The Morgan fingerprint density at radius 1 is 1.50 bits per heavy atom. The Labute approximate surface area is 100 Å². The normalized spacial score (nSPS) is 20.8. The highest BCUT2D eigenvalue weighted by atomic mass is 32.2. The highest BCUT2D eigenvalue weighted by molar-refractivity contribution is 8.00. The minimum Gasteiger partial charge on any atom is -0.369 e. The lowest BCUT2D eigenvalue weighted by Gasteiger charge is -2.32. The van der Waals surface area contributed by atoms with Crippen LogP contribution in [0.5, 0.6) is 0 Å². The Kier molecular flexibility index (Phi) is 5.62.